The lowest BCUT2D eigenvalue weighted by atomic mass is 9.98. The van der Waals surface area contributed by atoms with Crippen LogP contribution in [0.5, 0.6) is 0 Å². The summed E-state index contributed by atoms with van der Waals surface area (Å²) in [6.45, 7) is 3.58. The summed E-state index contributed by atoms with van der Waals surface area (Å²) >= 11 is 3.29. The lowest BCUT2D eigenvalue weighted by Gasteiger charge is -2.31. The number of likely N-dealkylation sites (tertiary alicyclic amines) is 1. The first-order valence-electron chi connectivity index (χ1n) is 9.85. The molecule has 5 rings (SSSR count). The van der Waals surface area contributed by atoms with Crippen LogP contribution in [0, 0.1) is 6.92 Å². The van der Waals surface area contributed by atoms with Crippen molar-refractivity contribution in [1.29, 1.82) is 0 Å². The minimum atomic E-state index is 0.0328. The number of aryl methyl sites for hydroxylation is 1. The van der Waals surface area contributed by atoms with Crippen molar-refractivity contribution in [2.24, 2.45) is 0 Å². The molecule has 0 bridgehead atoms. The van der Waals surface area contributed by atoms with Gasteiger partial charge in [-0.15, -0.1) is 22.7 Å². The number of hydrogen-bond acceptors (Lipinski definition) is 5. The molecule has 4 aromatic rings. The Labute approximate surface area is 177 Å². The van der Waals surface area contributed by atoms with Gasteiger partial charge in [0.25, 0.3) is 5.91 Å². The molecule has 2 aromatic heterocycles. The van der Waals surface area contributed by atoms with Crippen molar-refractivity contribution in [2.45, 2.75) is 25.7 Å². The fourth-order valence-electron chi connectivity index (χ4n) is 3.79. The van der Waals surface area contributed by atoms with E-state index in [4.69, 9.17) is 4.98 Å². The number of benzene rings is 2. The predicted octanol–water partition coefficient (Wildman–Crippen LogP) is 5.75. The van der Waals surface area contributed by atoms with Crippen LogP contribution in [0.15, 0.2) is 53.9 Å². The van der Waals surface area contributed by atoms with E-state index in [1.807, 2.05) is 16.3 Å². The molecule has 2 aromatic carbocycles. The Hall–Kier alpha value is -2.57. The minimum Gasteiger partial charge on any atom is -0.337 e. The molecule has 0 aliphatic carbocycles. The summed E-state index contributed by atoms with van der Waals surface area (Å²) in [5.41, 5.74) is 3.88. The van der Waals surface area contributed by atoms with Gasteiger partial charge in [0.05, 0.1) is 15.2 Å². The Kier molecular flexibility index (Phi) is 4.89. The number of aromatic nitrogens is 2. The molecule has 29 heavy (non-hydrogen) atoms. The second-order valence-electron chi connectivity index (χ2n) is 7.51. The molecule has 0 N–H and O–H groups in total. The Morgan fingerprint density at radius 2 is 1.93 bits per heavy atom. The third kappa shape index (κ3) is 3.70. The molecule has 0 saturated carbocycles. The van der Waals surface area contributed by atoms with Gasteiger partial charge in [-0.1, -0.05) is 42.0 Å². The molecular weight excluding hydrogens is 398 g/mol. The van der Waals surface area contributed by atoms with Gasteiger partial charge in [0.1, 0.15) is 10.7 Å². The number of amides is 1. The molecule has 4 nitrogen and oxygen atoms in total. The molecule has 1 aliphatic heterocycles. The highest BCUT2D eigenvalue weighted by Gasteiger charge is 2.28. The van der Waals surface area contributed by atoms with Gasteiger partial charge in [-0.3, -0.25) is 4.79 Å². The SMILES string of the molecule is Cc1ccc(-c2nc(C(=O)N3CCC[C@@H](c4nc5ccccc5s4)C3)cs2)cc1. The Bertz CT molecular complexity index is 1130. The smallest absolute Gasteiger partial charge is 0.273 e. The van der Waals surface area contributed by atoms with Gasteiger partial charge in [0.2, 0.25) is 0 Å². The van der Waals surface area contributed by atoms with Gasteiger partial charge < -0.3 is 4.90 Å². The van der Waals surface area contributed by atoms with Crippen molar-refractivity contribution in [1.82, 2.24) is 14.9 Å². The van der Waals surface area contributed by atoms with Crippen LogP contribution in [-0.4, -0.2) is 33.9 Å². The van der Waals surface area contributed by atoms with Crippen LogP contribution in [0.3, 0.4) is 0 Å². The maximum Gasteiger partial charge on any atom is 0.273 e. The molecule has 1 amide bonds. The van der Waals surface area contributed by atoms with Gasteiger partial charge in [0.15, 0.2) is 0 Å². The quantitative estimate of drug-likeness (QED) is 0.425. The number of nitrogens with zero attached hydrogens (tertiary/aromatic N) is 3. The van der Waals surface area contributed by atoms with E-state index >= 15 is 0 Å². The normalized spacial score (nSPS) is 17.0. The number of carbonyl (C=O) groups excluding carboxylic acids is 1. The third-order valence-electron chi connectivity index (χ3n) is 5.39. The van der Waals surface area contributed by atoms with Crippen LogP contribution in [0.2, 0.25) is 0 Å². The molecule has 3 heterocycles. The molecule has 1 atom stereocenters. The Morgan fingerprint density at radius 3 is 2.76 bits per heavy atom. The van der Waals surface area contributed by atoms with Crippen LogP contribution < -0.4 is 0 Å². The molecule has 1 fully saturated rings. The summed E-state index contributed by atoms with van der Waals surface area (Å²) < 4.78 is 1.22. The summed E-state index contributed by atoms with van der Waals surface area (Å²) in [5.74, 6) is 0.339. The first kappa shape index (κ1) is 18.5. The van der Waals surface area contributed by atoms with Crippen molar-refractivity contribution in [3.8, 4) is 10.6 Å². The van der Waals surface area contributed by atoms with Gasteiger partial charge in [-0.05, 0) is 31.9 Å². The summed E-state index contributed by atoms with van der Waals surface area (Å²) in [6.07, 6.45) is 2.08. The first-order chi connectivity index (χ1) is 14.2. The van der Waals surface area contributed by atoms with E-state index in [0.29, 0.717) is 11.6 Å². The average molecular weight is 420 g/mol. The Morgan fingerprint density at radius 1 is 1.10 bits per heavy atom. The average Bonchev–Trinajstić information content (AvgIpc) is 3.41. The predicted molar refractivity (Wildman–Crippen MR) is 120 cm³/mol. The molecule has 6 heteroatoms. The standard InChI is InChI=1S/C23H21N3OS2/c1-15-8-10-16(11-9-15)21-25-19(14-28-21)23(27)26-12-4-5-17(13-26)22-24-18-6-2-3-7-20(18)29-22/h2-3,6-11,14,17H,4-5,12-13H2,1H3/t17-/m1/s1. The number of para-hydroxylation sites is 1. The number of rotatable bonds is 3. The molecular formula is C23H21N3OS2. The fraction of sp³-hybridized carbons (Fsp3) is 0.261. The second kappa shape index (κ2) is 7.69. The van der Waals surface area contributed by atoms with Gasteiger partial charge in [0, 0.05) is 30.0 Å². The van der Waals surface area contributed by atoms with Crippen LogP contribution in [0.25, 0.3) is 20.8 Å². The third-order valence-corrected chi connectivity index (χ3v) is 7.48. The van der Waals surface area contributed by atoms with Crippen LogP contribution >= 0.6 is 22.7 Å². The summed E-state index contributed by atoms with van der Waals surface area (Å²) in [7, 11) is 0. The van der Waals surface area contributed by atoms with E-state index < -0.39 is 0 Å². The summed E-state index contributed by atoms with van der Waals surface area (Å²) in [5, 5.41) is 3.93. The maximum absolute atomic E-state index is 13.1. The highest BCUT2D eigenvalue weighted by molar-refractivity contribution is 7.18. The first-order valence-corrected chi connectivity index (χ1v) is 11.5. The molecule has 0 unspecified atom stereocenters. The number of carbonyl (C=O) groups is 1. The number of piperidine rings is 1. The van der Waals surface area contributed by atoms with E-state index in [2.05, 4.69) is 54.4 Å². The highest BCUT2D eigenvalue weighted by atomic mass is 32.1. The van der Waals surface area contributed by atoms with Crippen molar-refractivity contribution >= 4 is 38.8 Å². The second-order valence-corrected chi connectivity index (χ2v) is 9.43. The molecule has 0 spiro atoms. The highest BCUT2D eigenvalue weighted by Crippen LogP contribution is 2.33. The lowest BCUT2D eigenvalue weighted by Crippen LogP contribution is -2.39. The van der Waals surface area contributed by atoms with Crippen LogP contribution in [0.4, 0.5) is 0 Å². The zero-order chi connectivity index (χ0) is 19.8. The van der Waals surface area contributed by atoms with E-state index in [1.165, 1.54) is 21.6 Å². The molecule has 146 valence electrons. The van der Waals surface area contributed by atoms with E-state index in [-0.39, 0.29) is 5.91 Å². The largest absolute Gasteiger partial charge is 0.337 e. The number of fused-ring (bicyclic) bond motifs is 1. The molecule has 0 radical (unpaired) electrons. The number of thiazole rings is 2. The summed E-state index contributed by atoms with van der Waals surface area (Å²) in [6, 6.07) is 16.5. The zero-order valence-electron chi connectivity index (χ0n) is 16.2. The van der Waals surface area contributed by atoms with Crippen molar-refractivity contribution in [3.63, 3.8) is 0 Å². The van der Waals surface area contributed by atoms with Crippen LogP contribution in [0.1, 0.15) is 39.8 Å². The van der Waals surface area contributed by atoms with Gasteiger partial charge in [-0.25, -0.2) is 9.97 Å². The maximum atomic E-state index is 13.1. The topological polar surface area (TPSA) is 46.1 Å². The van der Waals surface area contributed by atoms with E-state index in [0.717, 1.165) is 47.0 Å². The molecule has 1 saturated heterocycles. The summed E-state index contributed by atoms with van der Waals surface area (Å²) in [4.78, 5) is 24.5. The monoisotopic (exact) mass is 419 g/mol. The zero-order valence-corrected chi connectivity index (χ0v) is 17.8. The number of hydrogen-bond donors (Lipinski definition) is 0. The lowest BCUT2D eigenvalue weighted by molar-refractivity contribution is 0.0702. The van der Waals surface area contributed by atoms with E-state index in [9.17, 15) is 4.79 Å². The molecule has 1 aliphatic rings. The van der Waals surface area contributed by atoms with Crippen molar-refractivity contribution in [2.75, 3.05) is 13.1 Å². The van der Waals surface area contributed by atoms with Crippen molar-refractivity contribution < 1.29 is 4.79 Å². The van der Waals surface area contributed by atoms with Gasteiger partial charge in [-0.2, -0.15) is 0 Å². The minimum absolute atomic E-state index is 0.0328. The van der Waals surface area contributed by atoms with Crippen LogP contribution in [-0.2, 0) is 0 Å². The Balaban J connectivity index is 1.34. The van der Waals surface area contributed by atoms with Gasteiger partial charge >= 0.3 is 0 Å². The fourth-order valence-corrected chi connectivity index (χ4v) is 5.68. The van der Waals surface area contributed by atoms with Crippen molar-refractivity contribution in [3.05, 3.63) is 70.2 Å². The van der Waals surface area contributed by atoms with E-state index in [1.54, 1.807) is 11.3 Å².